The minimum Gasteiger partial charge on any atom is -0.311 e. The molecular weight excluding hydrogens is 102 g/mol. The Bertz CT molecular complexity index is 168. The maximum absolute atomic E-state index is 3.79. The number of aromatic nitrogens is 3. The molecule has 0 spiro atoms. The summed E-state index contributed by atoms with van der Waals surface area (Å²) in [5.41, 5.74) is 0. The van der Waals surface area contributed by atoms with Gasteiger partial charge in [0.05, 0.1) is 0 Å². The molecule has 0 aliphatic carbocycles. The number of hydrogen-bond acceptors (Lipinski definition) is 2. The molecule has 0 aliphatic heterocycles. The molecule has 1 heterocycles. The van der Waals surface area contributed by atoms with E-state index in [-0.39, 0.29) is 0 Å². The van der Waals surface area contributed by atoms with Gasteiger partial charge in [0, 0.05) is 13.5 Å². The molecule has 1 rings (SSSR count). The second-order valence-corrected chi connectivity index (χ2v) is 1.63. The number of aryl methyl sites for hydroxylation is 2. The zero-order chi connectivity index (χ0) is 5.98. The standard InChI is InChI=1S/C5H8N3/c1-3-5-7-6-4-8(5)2/h3H2,1-2H3. The molecule has 3 nitrogen and oxygen atoms in total. The van der Waals surface area contributed by atoms with Crippen LogP contribution in [0.3, 0.4) is 0 Å². The molecule has 1 aromatic rings. The van der Waals surface area contributed by atoms with Gasteiger partial charge in [-0.1, -0.05) is 6.92 Å². The van der Waals surface area contributed by atoms with Gasteiger partial charge in [0.1, 0.15) is 5.82 Å². The largest absolute Gasteiger partial charge is 0.311 e. The quantitative estimate of drug-likeness (QED) is 0.516. The van der Waals surface area contributed by atoms with Crippen molar-refractivity contribution in [3.05, 3.63) is 12.2 Å². The molecule has 0 amide bonds. The van der Waals surface area contributed by atoms with E-state index in [2.05, 4.69) is 16.5 Å². The molecular formula is C5H8N3. The van der Waals surface area contributed by atoms with Gasteiger partial charge in [0.2, 0.25) is 6.33 Å². The Labute approximate surface area is 48.4 Å². The fourth-order valence-electron chi connectivity index (χ4n) is 0.580. The molecule has 43 valence electrons. The lowest BCUT2D eigenvalue weighted by Gasteiger charge is -1.89. The molecule has 0 saturated heterocycles. The first-order valence-corrected chi connectivity index (χ1v) is 2.60. The monoisotopic (exact) mass is 110 g/mol. The fourth-order valence-corrected chi connectivity index (χ4v) is 0.580. The molecule has 0 aromatic carbocycles. The van der Waals surface area contributed by atoms with Crippen molar-refractivity contribution in [1.29, 1.82) is 0 Å². The van der Waals surface area contributed by atoms with Crippen LogP contribution < -0.4 is 0 Å². The Morgan fingerprint density at radius 1 is 1.75 bits per heavy atom. The van der Waals surface area contributed by atoms with Crippen molar-refractivity contribution in [2.45, 2.75) is 13.3 Å². The number of hydrogen-bond donors (Lipinski definition) is 0. The summed E-state index contributed by atoms with van der Waals surface area (Å²) >= 11 is 0. The Morgan fingerprint density at radius 2 is 2.50 bits per heavy atom. The van der Waals surface area contributed by atoms with Crippen LogP contribution in [-0.2, 0) is 13.5 Å². The maximum atomic E-state index is 3.79. The van der Waals surface area contributed by atoms with Crippen molar-refractivity contribution in [3.63, 3.8) is 0 Å². The molecule has 1 radical (unpaired) electrons. The van der Waals surface area contributed by atoms with Crippen LogP contribution in [0.2, 0.25) is 0 Å². The van der Waals surface area contributed by atoms with Crippen molar-refractivity contribution in [2.24, 2.45) is 7.05 Å². The fraction of sp³-hybridized carbons (Fsp3) is 0.600. The molecule has 8 heavy (non-hydrogen) atoms. The van der Waals surface area contributed by atoms with E-state index in [1.54, 1.807) is 4.57 Å². The minimum atomic E-state index is 0.924. The van der Waals surface area contributed by atoms with Crippen LogP contribution in [0, 0.1) is 6.33 Å². The highest BCUT2D eigenvalue weighted by atomic mass is 15.2. The van der Waals surface area contributed by atoms with Crippen LogP contribution >= 0.6 is 0 Å². The summed E-state index contributed by atoms with van der Waals surface area (Å²) in [6, 6.07) is 0. The second kappa shape index (κ2) is 1.94. The van der Waals surface area contributed by atoms with Gasteiger partial charge in [-0.3, -0.25) is 0 Å². The number of nitrogens with zero attached hydrogens (tertiary/aromatic N) is 3. The van der Waals surface area contributed by atoms with Gasteiger partial charge in [0.15, 0.2) is 0 Å². The van der Waals surface area contributed by atoms with Crippen LogP contribution in [0.15, 0.2) is 0 Å². The third-order valence-electron chi connectivity index (χ3n) is 1.06. The van der Waals surface area contributed by atoms with Crippen LogP contribution in [-0.4, -0.2) is 14.8 Å². The average molecular weight is 110 g/mol. The lowest BCUT2D eigenvalue weighted by molar-refractivity contribution is 0.803. The van der Waals surface area contributed by atoms with E-state index in [9.17, 15) is 0 Å². The van der Waals surface area contributed by atoms with Gasteiger partial charge in [-0.25, -0.2) is 0 Å². The van der Waals surface area contributed by atoms with E-state index in [0.29, 0.717) is 0 Å². The molecule has 0 unspecified atom stereocenters. The second-order valence-electron chi connectivity index (χ2n) is 1.63. The van der Waals surface area contributed by atoms with Gasteiger partial charge < -0.3 is 4.57 Å². The highest BCUT2D eigenvalue weighted by Crippen LogP contribution is 1.88. The third-order valence-corrected chi connectivity index (χ3v) is 1.06. The molecule has 0 bridgehead atoms. The minimum absolute atomic E-state index is 0.924. The summed E-state index contributed by atoms with van der Waals surface area (Å²) < 4.78 is 1.79. The summed E-state index contributed by atoms with van der Waals surface area (Å²) in [6.45, 7) is 2.04. The highest BCUT2D eigenvalue weighted by Gasteiger charge is 1.93. The van der Waals surface area contributed by atoms with E-state index < -0.39 is 0 Å². The molecule has 0 saturated carbocycles. The van der Waals surface area contributed by atoms with Crippen LogP contribution in [0.5, 0.6) is 0 Å². The number of rotatable bonds is 1. The third kappa shape index (κ3) is 0.710. The first-order valence-electron chi connectivity index (χ1n) is 2.60. The van der Waals surface area contributed by atoms with Crippen molar-refractivity contribution < 1.29 is 0 Å². The maximum Gasteiger partial charge on any atom is 0.201 e. The summed E-state index contributed by atoms with van der Waals surface area (Å²) in [4.78, 5) is 0. The van der Waals surface area contributed by atoms with Crippen molar-refractivity contribution >= 4 is 0 Å². The van der Waals surface area contributed by atoms with E-state index in [1.165, 1.54) is 0 Å². The molecule has 1 aromatic heterocycles. The summed E-state index contributed by atoms with van der Waals surface area (Å²) in [7, 11) is 1.89. The zero-order valence-corrected chi connectivity index (χ0v) is 5.05. The summed E-state index contributed by atoms with van der Waals surface area (Å²) in [5.74, 6) is 0.977. The average Bonchev–Trinajstić information content (AvgIpc) is 2.14. The van der Waals surface area contributed by atoms with Crippen LogP contribution in [0.25, 0.3) is 0 Å². The molecule has 0 aliphatic rings. The lowest BCUT2D eigenvalue weighted by Crippen LogP contribution is -1.93. The summed E-state index contributed by atoms with van der Waals surface area (Å²) in [6.07, 6.45) is 3.60. The van der Waals surface area contributed by atoms with Gasteiger partial charge in [-0.2, -0.15) is 0 Å². The van der Waals surface area contributed by atoms with Crippen molar-refractivity contribution in [2.75, 3.05) is 0 Å². The highest BCUT2D eigenvalue weighted by molar-refractivity contribution is 4.80. The first kappa shape index (κ1) is 5.28. The smallest absolute Gasteiger partial charge is 0.201 e. The Balaban J connectivity index is 2.92. The van der Waals surface area contributed by atoms with Crippen LogP contribution in [0.4, 0.5) is 0 Å². The first-order chi connectivity index (χ1) is 3.84. The van der Waals surface area contributed by atoms with E-state index in [4.69, 9.17) is 0 Å². The lowest BCUT2D eigenvalue weighted by atomic mass is 10.5. The molecule has 3 heteroatoms. The van der Waals surface area contributed by atoms with Gasteiger partial charge in [-0.05, 0) is 0 Å². The van der Waals surface area contributed by atoms with Gasteiger partial charge in [-0.15, -0.1) is 10.2 Å². The molecule has 0 atom stereocenters. The molecule has 0 fully saturated rings. The van der Waals surface area contributed by atoms with E-state index in [0.717, 1.165) is 12.2 Å². The van der Waals surface area contributed by atoms with Crippen LogP contribution in [0.1, 0.15) is 12.7 Å². The predicted molar refractivity (Wildman–Crippen MR) is 29.2 cm³/mol. The van der Waals surface area contributed by atoms with E-state index >= 15 is 0 Å². The normalized spacial score (nSPS) is 9.75. The Morgan fingerprint density at radius 3 is 2.75 bits per heavy atom. The van der Waals surface area contributed by atoms with Gasteiger partial charge >= 0.3 is 0 Å². The summed E-state index contributed by atoms with van der Waals surface area (Å²) in [5, 5.41) is 7.37. The SMILES string of the molecule is CCc1nn[c]n1C. The zero-order valence-electron chi connectivity index (χ0n) is 5.05. The van der Waals surface area contributed by atoms with E-state index in [1.807, 2.05) is 14.0 Å². The Hall–Kier alpha value is -0.860. The van der Waals surface area contributed by atoms with Crippen molar-refractivity contribution in [1.82, 2.24) is 14.8 Å². The van der Waals surface area contributed by atoms with Gasteiger partial charge in [0.25, 0.3) is 0 Å². The molecule has 0 N–H and O–H groups in total. The van der Waals surface area contributed by atoms with Crippen molar-refractivity contribution in [3.8, 4) is 0 Å². The predicted octanol–water partition coefficient (Wildman–Crippen LogP) is 0.178. The topological polar surface area (TPSA) is 30.7 Å². The Kier molecular flexibility index (Phi) is 1.28.